The molecule has 1 aliphatic heterocycles. The summed E-state index contributed by atoms with van der Waals surface area (Å²) in [5.41, 5.74) is 4.28. The summed E-state index contributed by atoms with van der Waals surface area (Å²) >= 11 is 0. The quantitative estimate of drug-likeness (QED) is 0.553. The van der Waals surface area contributed by atoms with Crippen molar-refractivity contribution in [2.75, 3.05) is 13.1 Å². The predicted molar refractivity (Wildman–Crippen MR) is 117 cm³/mol. The molecule has 31 heavy (non-hydrogen) atoms. The number of likely N-dealkylation sites (tertiary alicyclic amines) is 1. The lowest BCUT2D eigenvalue weighted by molar-refractivity contribution is 0.0683. The van der Waals surface area contributed by atoms with Crippen LogP contribution >= 0.6 is 0 Å². The number of amides is 1. The van der Waals surface area contributed by atoms with E-state index < -0.39 is 0 Å². The summed E-state index contributed by atoms with van der Waals surface area (Å²) in [4.78, 5) is 19.4. The van der Waals surface area contributed by atoms with Crippen LogP contribution in [0.15, 0.2) is 61.2 Å². The van der Waals surface area contributed by atoms with E-state index >= 15 is 0 Å². The van der Waals surface area contributed by atoms with E-state index in [2.05, 4.69) is 39.2 Å². The summed E-state index contributed by atoms with van der Waals surface area (Å²) in [6.45, 7) is 2.40. The number of pyridine rings is 1. The SMILES string of the molecule is N#Cc1ccc(C(=O)N2CCC(Cn3ccc4cc(-c5cn[nH]c5)cnc43)CC2)cc1. The Morgan fingerprint density at radius 3 is 2.65 bits per heavy atom. The van der Waals surface area contributed by atoms with Crippen molar-refractivity contribution in [1.82, 2.24) is 24.6 Å². The summed E-state index contributed by atoms with van der Waals surface area (Å²) in [7, 11) is 0. The maximum absolute atomic E-state index is 12.7. The Kier molecular flexibility index (Phi) is 4.97. The first kappa shape index (κ1) is 19.1. The fourth-order valence-electron chi connectivity index (χ4n) is 4.26. The molecular weight excluding hydrogens is 388 g/mol. The van der Waals surface area contributed by atoms with E-state index in [1.54, 1.807) is 30.5 Å². The molecule has 0 atom stereocenters. The predicted octanol–water partition coefficient (Wildman–Crippen LogP) is 3.85. The average molecular weight is 410 g/mol. The van der Waals surface area contributed by atoms with Gasteiger partial charge in [-0.3, -0.25) is 9.89 Å². The number of carbonyl (C=O) groups excluding carboxylic acids is 1. The number of fused-ring (bicyclic) bond motifs is 1. The van der Waals surface area contributed by atoms with Crippen LogP contribution < -0.4 is 0 Å². The summed E-state index contributed by atoms with van der Waals surface area (Å²) in [6.07, 6.45) is 9.59. The van der Waals surface area contributed by atoms with Crippen molar-refractivity contribution in [3.8, 4) is 17.2 Å². The molecule has 0 saturated carbocycles. The van der Waals surface area contributed by atoms with Crippen molar-refractivity contribution in [3.63, 3.8) is 0 Å². The number of hydrogen-bond acceptors (Lipinski definition) is 4. The number of nitriles is 1. The Hall–Kier alpha value is -3.92. The molecule has 0 unspecified atom stereocenters. The van der Waals surface area contributed by atoms with Crippen LogP contribution in [-0.2, 0) is 6.54 Å². The van der Waals surface area contributed by atoms with Crippen molar-refractivity contribution in [3.05, 3.63) is 72.3 Å². The minimum atomic E-state index is 0.0443. The summed E-state index contributed by atoms with van der Waals surface area (Å²) < 4.78 is 2.22. The minimum absolute atomic E-state index is 0.0443. The third kappa shape index (κ3) is 3.80. The molecule has 7 nitrogen and oxygen atoms in total. The second kappa shape index (κ2) is 8.07. The minimum Gasteiger partial charge on any atom is -0.339 e. The molecule has 3 aromatic heterocycles. The molecule has 0 spiro atoms. The molecule has 0 aliphatic carbocycles. The van der Waals surface area contributed by atoms with Gasteiger partial charge in [0.2, 0.25) is 0 Å². The van der Waals surface area contributed by atoms with Gasteiger partial charge in [-0.1, -0.05) is 0 Å². The summed E-state index contributed by atoms with van der Waals surface area (Å²) in [5, 5.41) is 16.9. The lowest BCUT2D eigenvalue weighted by Crippen LogP contribution is -2.39. The van der Waals surface area contributed by atoms with Crippen LogP contribution in [0.3, 0.4) is 0 Å². The number of nitrogens with one attached hydrogen (secondary N) is 1. The highest BCUT2D eigenvalue weighted by molar-refractivity contribution is 5.94. The van der Waals surface area contributed by atoms with Crippen molar-refractivity contribution < 1.29 is 4.79 Å². The zero-order chi connectivity index (χ0) is 21.2. The van der Waals surface area contributed by atoms with E-state index in [4.69, 9.17) is 10.2 Å². The zero-order valence-corrected chi connectivity index (χ0v) is 17.0. The zero-order valence-electron chi connectivity index (χ0n) is 17.0. The van der Waals surface area contributed by atoms with Gasteiger partial charge in [0.05, 0.1) is 17.8 Å². The first-order valence-corrected chi connectivity index (χ1v) is 10.4. The first-order valence-electron chi connectivity index (χ1n) is 10.4. The van der Waals surface area contributed by atoms with Crippen LogP contribution in [0, 0.1) is 17.2 Å². The number of H-pyrrole nitrogens is 1. The van der Waals surface area contributed by atoms with E-state index in [0.29, 0.717) is 17.0 Å². The number of aromatic amines is 1. The van der Waals surface area contributed by atoms with Crippen LogP contribution in [0.25, 0.3) is 22.2 Å². The second-order valence-electron chi connectivity index (χ2n) is 8.02. The molecule has 1 fully saturated rings. The van der Waals surface area contributed by atoms with Crippen LogP contribution in [0.5, 0.6) is 0 Å². The van der Waals surface area contributed by atoms with Gasteiger partial charge in [0, 0.05) is 60.3 Å². The molecule has 7 heteroatoms. The van der Waals surface area contributed by atoms with Crippen molar-refractivity contribution in [1.29, 1.82) is 5.26 Å². The first-order chi connectivity index (χ1) is 15.2. The normalized spacial score (nSPS) is 14.6. The Morgan fingerprint density at radius 1 is 1.13 bits per heavy atom. The highest BCUT2D eigenvalue weighted by atomic mass is 16.2. The largest absolute Gasteiger partial charge is 0.339 e. The van der Waals surface area contributed by atoms with Gasteiger partial charge in [-0.05, 0) is 55.2 Å². The van der Waals surface area contributed by atoms with Gasteiger partial charge in [-0.25, -0.2) is 4.98 Å². The van der Waals surface area contributed by atoms with Gasteiger partial charge in [0.1, 0.15) is 5.65 Å². The number of aromatic nitrogens is 4. The van der Waals surface area contributed by atoms with E-state index in [0.717, 1.165) is 54.6 Å². The molecule has 0 radical (unpaired) electrons. The fraction of sp³-hybridized carbons (Fsp3) is 0.250. The molecule has 1 amide bonds. The molecular formula is C24H22N6O. The van der Waals surface area contributed by atoms with Gasteiger partial charge >= 0.3 is 0 Å². The van der Waals surface area contributed by atoms with Gasteiger partial charge in [-0.2, -0.15) is 10.4 Å². The topological polar surface area (TPSA) is 90.6 Å². The van der Waals surface area contributed by atoms with Gasteiger partial charge in [0.15, 0.2) is 0 Å². The van der Waals surface area contributed by atoms with Crippen LogP contribution in [0.2, 0.25) is 0 Å². The van der Waals surface area contributed by atoms with Crippen LogP contribution in [-0.4, -0.2) is 43.6 Å². The standard InChI is InChI=1S/C24H22N6O/c25-12-17-1-3-19(4-2-17)24(31)29-8-5-18(6-9-29)16-30-10-7-20-11-21(13-26-23(20)30)22-14-27-28-15-22/h1-4,7,10-11,13-15,18H,5-6,8-9,16H2,(H,27,28). The number of piperidine rings is 1. The molecule has 4 heterocycles. The molecule has 154 valence electrons. The van der Waals surface area contributed by atoms with E-state index in [1.807, 2.05) is 17.3 Å². The molecule has 5 rings (SSSR count). The summed E-state index contributed by atoms with van der Waals surface area (Å²) in [5.74, 6) is 0.554. The smallest absolute Gasteiger partial charge is 0.253 e. The Labute approximate surface area is 179 Å². The summed E-state index contributed by atoms with van der Waals surface area (Å²) in [6, 6.07) is 13.2. The van der Waals surface area contributed by atoms with Crippen molar-refractivity contribution in [2.45, 2.75) is 19.4 Å². The molecule has 0 bridgehead atoms. The van der Waals surface area contributed by atoms with Crippen LogP contribution in [0.4, 0.5) is 0 Å². The Bertz CT molecular complexity index is 1240. The number of rotatable bonds is 4. The van der Waals surface area contributed by atoms with E-state index in [1.165, 1.54) is 0 Å². The highest BCUT2D eigenvalue weighted by Crippen LogP contribution is 2.26. The maximum atomic E-state index is 12.7. The maximum Gasteiger partial charge on any atom is 0.253 e. The highest BCUT2D eigenvalue weighted by Gasteiger charge is 2.24. The van der Waals surface area contributed by atoms with Gasteiger partial charge in [-0.15, -0.1) is 0 Å². The molecule has 1 aliphatic rings. The van der Waals surface area contributed by atoms with Crippen molar-refractivity contribution in [2.24, 2.45) is 5.92 Å². The monoisotopic (exact) mass is 410 g/mol. The molecule has 4 aromatic rings. The molecule has 1 aromatic carbocycles. The Balaban J connectivity index is 1.23. The molecule has 1 N–H and O–H groups in total. The number of benzene rings is 1. The second-order valence-corrected chi connectivity index (χ2v) is 8.02. The number of hydrogen-bond donors (Lipinski definition) is 1. The third-order valence-electron chi connectivity index (χ3n) is 6.05. The van der Waals surface area contributed by atoms with Gasteiger partial charge < -0.3 is 9.47 Å². The van der Waals surface area contributed by atoms with E-state index in [9.17, 15) is 4.79 Å². The molecule has 1 saturated heterocycles. The lowest BCUT2D eigenvalue weighted by atomic mass is 9.96. The van der Waals surface area contributed by atoms with Crippen LogP contribution in [0.1, 0.15) is 28.8 Å². The van der Waals surface area contributed by atoms with Gasteiger partial charge in [0.25, 0.3) is 5.91 Å². The van der Waals surface area contributed by atoms with Crippen molar-refractivity contribution >= 4 is 16.9 Å². The third-order valence-corrected chi connectivity index (χ3v) is 6.05. The average Bonchev–Trinajstić information content (AvgIpc) is 3.49. The lowest BCUT2D eigenvalue weighted by Gasteiger charge is -2.32. The Morgan fingerprint density at radius 2 is 1.94 bits per heavy atom. The number of nitrogens with zero attached hydrogens (tertiary/aromatic N) is 5. The van der Waals surface area contributed by atoms with E-state index in [-0.39, 0.29) is 5.91 Å². The number of carbonyl (C=O) groups is 1. The fourth-order valence-corrected chi connectivity index (χ4v) is 4.26.